The number of ether oxygens (including phenoxy) is 5. The predicted octanol–water partition coefficient (Wildman–Crippen LogP) is 5.29. The molecule has 2 atom stereocenters. The molecule has 1 saturated heterocycles. The van der Waals surface area contributed by atoms with Gasteiger partial charge in [0.2, 0.25) is 5.91 Å². The van der Waals surface area contributed by atoms with Crippen LogP contribution in [-0.4, -0.2) is 65.7 Å². The summed E-state index contributed by atoms with van der Waals surface area (Å²) in [6.07, 6.45) is 2.32. The van der Waals surface area contributed by atoms with E-state index in [1.165, 1.54) is 18.6 Å². The molecule has 0 bridgehead atoms. The van der Waals surface area contributed by atoms with Gasteiger partial charge in [0.15, 0.2) is 11.6 Å². The van der Waals surface area contributed by atoms with Crippen LogP contribution in [0.2, 0.25) is 0 Å². The van der Waals surface area contributed by atoms with Gasteiger partial charge in [0.1, 0.15) is 18.1 Å². The highest BCUT2D eigenvalue weighted by molar-refractivity contribution is 5.72. The number of amides is 1. The Morgan fingerprint density at radius 3 is 2.57 bits per heavy atom. The number of para-hydroxylation sites is 2. The summed E-state index contributed by atoms with van der Waals surface area (Å²) in [6.45, 7) is 6.62. The molecule has 1 fully saturated rings. The Hall–Kier alpha value is -3.66. The lowest BCUT2D eigenvalue weighted by molar-refractivity contribution is -0.118. The molecule has 238 valence electrons. The van der Waals surface area contributed by atoms with E-state index in [2.05, 4.69) is 22.8 Å². The highest BCUT2D eigenvalue weighted by atomic mass is 19.1. The molecule has 0 aromatic heterocycles. The average Bonchev–Trinajstić information content (AvgIpc) is 3.04. The zero-order valence-corrected chi connectivity index (χ0v) is 25.8. The van der Waals surface area contributed by atoms with Crippen LogP contribution < -0.4 is 24.8 Å². The highest BCUT2D eigenvalue weighted by Crippen LogP contribution is 2.32. The smallest absolute Gasteiger partial charge is 0.216 e. The Kier molecular flexibility index (Phi) is 13.8. The van der Waals surface area contributed by atoms with E-state index in [0.29, 0.717) is 57.8 Å². The number of piperidine rings is 1. The van der Waals surface area contributed by atoms with Crippen molar-refractivity contribution in [3.05, 3.63) is 89.2 Å². The molecule has 2 N–H and O–H groups in total. The third-order valence-corrected chi connectivity index (χ3v) is 7.69. The van der Waals surface area contributed by atoms with Crippen LogP contribution in [0.3, 0.4) is 0 Å². The molecule has 0 spiro atoms. The molecular formula is C35H45FN2O6. The van der Waals surface area contributed by atoms with Gasteiger partial charge in [-0.1, -0.05) is 42.5 Å². The van der Waals surface area contributed by atoms with Crippen LogP contribution in [0, 0.1) is 11.7 Å². The molecule has 1 aliphatic heterocycles. The molecule has 3 aromatic rings. The number of carbonyl (C=O) groups excluding carboxylic acids is 1. The second kappa shape index (κ2) is 18.2. The van der Waals surface area contributed by atoms with Gasteiger partial charge >= 0.3 is 0 Å². The summed E-state index contributed by atoms with van der Waals surface area (Å²) in [7, 11) is 1.67. The standard InChI is InChI=1S/C35H45FN2O6/c1-26(39)38-18-15-28-8-5-9-33(36)35(28)44-22-21-42-25-30-23-37-17-16-32(30)27-11-13-31(14-12-27)43-20-6-19-41-24-29-7-3-4-10-34(29)40-2/h3-5,7-14,30,32,37H,6,15-25H2,1-2H3,(H,38,39)/t30?,32-/m1/s1. The van der Waals surface area contributed by atoms with E-state index in [4.69, 9.17) is 23.7 Å². The van der Waals surface area contributed by atoms with Crippen LogP contribution >= 0.6 is 0 Å². The third-order valence-electron chi connectivity index (χ3n) is 7.69. The number of nitrogens with one attached hydrogen (secondary N) is 2. The first kappa shape index (κ1) is 33.2. The lowest BCUT2D eigenvalue weighted by Crippen LogP contribution is -2.38. The summed E-state index contributed by atoms with van der Waals surface area (Å²) < 4.78 is 43.3. The minimum Gasteiger partial charge on any atom is -0.496 e. The van der Waals surface area contributed by atoms with Crippen LogP contribution in [0.4, 0.5) is 4.39 Å². The zero-order chi connectivity index (χ0) is 31.0. The molecule has 3 aromatic carbocycles. The maximum absolute atomic E-state index is 14.4. The number of benzene rings is 3. The van der Waals surface area contributed by atoms with E-state index < -0.39 is 5.82 Å². The Balaban J connectivity index is 1.16. The number of carbonyl (C=O) groups is 1. The molecule has 0 saturated carbocycles. The molecular weight excluding hydrogens is 563 g/mol. The van der Waals surface area contributed by atoms with Crippen LogP contribution in [0.15, 0.2) is 66.7 Å². The average molecular weight is 609 g/mol. The SMILES string of the molecule is COc1ccccc1COCCCOc1ccc([C@H]2CCNCC2COCCOc2c(F)cccc2CCNC(C)=O)cc1. The predicted molar refractivity (Wildman–Crippen MR) is 168 cm³/mol. The summed E-state index contributed by atoms with van der Waals surface area (Å²) in [4.78, 5) is 11.2. The number of rotatable bonds is 18. The van der Waals surface area contributed by atoms with Crippen molar-refractivity contribution in [3.8, 4) is 17.2 Å². The number of hydrogen-bond donors (Lipinski definition) is 2. The monoisotopic (exact) mass is 608 g/mol. The molecule has 8 nitrogen and oxygen atoms in total. The maximum atomic E-state index is 14.4. The van der Waals surface area contributed by atoms with Gasteiger partial charge in [0.25, 0.3) is 0 Å². The van der Waals surface area contributed by atoms with Gasteiger partial charge in [-0.2, -0.15) is 0 Å². The second-order valence-corrected chi connectivity index (χ2v) is 10.9. The number of halogens is 1. The molecule has 1 heterocycles. The molecule has 1 unspecified atom stereocenters. The van der Waals surface area contributed by atoms with E-state index in [1.807, 2.05) is 42.5 Å². The largest absolute Gasteiger partial charge is 0.496 e. The fourth-order valence-electron chi connectivity index (χ4n) is 5.43. The Labute approximate surface area is 260 Å². The molecule has 0 radical (unpaired) electrons. The van der Waals surface area contributed by atoms with Gasteiger partial charge in [-0.05, 0) is 60.7 Å². The minimum atomic E-state index is -0.410. The van der Waals surface area contributed by atoms with Gasteiger partial charge in [-0.3, -0.25) is 4.79 Å². The topological polar surface area (TPSA) is 87.3 Å². The Morgan fingerprint density at radius 1 is 0.932 bits per heavy atom. The minimum absolute atomic E-state index is 0.115. The third kappa shape index (κ3) is 10.5. The summed E-state index contributed by atoms with van der Waals surface area (Å²) in [5.74, 6) is 2.08. The van der Waals surface area contributed by atoms with Gasteiger partial charge in [0, 0.05) is 37.9 Å². The van der Waals surface area contributed by atoms with E-state index >= 15 is 0 Å². The van der Waals surface area contributed by atoms with E-state index in [9.17, 15) is 9.18 Å². The van der Waals surface area contributed by atoms with Crippen molar-refractivity contribution >= 4 is 5.91 Å². The molecule has 0 aliphatic carbocycles. The van der Waals surface area contributed by atoms with Crippen molar-refractivity contribution in [3.63, 3.8) is 0 Å². The first-order valence-electron chi connectivity index (χ1n) is 15.4. The van der Waals surface area contributed by atoms with Crippen LogP contribution in [0.1, 0.15) is 42.4 Å². The summed E-state index contributed by atoms with van der Waals surface area (Å²) in [6, 6.07) is 21.1. The van der Waals surface area contributed by atoms with Gasteiger partial charge in [-0.15, -0.1) is 0 Å². The van der Waals surface area contributed by atoms with Gasteiger partial charge in [-0.25, -0.2) is 4.39 Å². The van der Waals surface area contributed by atoms with Crippen molar-refractivity contribution in [2.24, 2.45) is 5.92 Å². The zero-order valence-electron chi connectivity index (χ0n) is 25.8. The number of methoxy groups -OCH3 is 1. The van der Waals surface area contributed by atoms with Crippen molar-refractivity contribution < 1.29 is 32.9 Å². The quantitative estimate of drug-likeness (QED) is 0.190. The van der Waals surface area contributed by atoms with Crippen molar-refractivity contribution in [2.75, 3.05) is 59.8 Å². The second-order valence-electron chi connectivity index (χ2n) is 10.9. The highest BCUT2D eigenvalue weighted by Gasteiger charge is 2.26. The lowest BCUT2D eigenvalue weighted by atomic mass is 9.81. The van der Waals surface area contributed by atoms with E-state index in [0.717, 1.165) is 48.6 Å². The Morgan fingerprint density at radius 2 is 1.75 bits per heavy atom. The normalized spacial score (nSPS) is 16.3. The number of hydrogen-bond acceptors (Lipinski definition) is 7. The van der Waals surface area contributed by atoms with E-state index in [-0.39, 0.29) is 18.3 Å². The Bertz CT molecular complexity index is 1290. The maximum Gasteiger partial charge on any atom is 0.216 e. The summed E-state index contributed by atoms with van der Waals surface area (Å²) in [5.41, 5.74) is 3.04. The van der Waals surface area contributed by atoms with Crippen molar-refractivity contribution in [2.45, 2.75) is 38.7 Å². The fourth-order valence-corrected chi connectivity index (χ4v) is 5.43. The molecule has 1 amide bonds. The van der Waals surface area contributed by atoms with Crippen LogP contribution in [-0.2, 0) is 27.3 Å². The van der Waals surface area contributed by atoms with Gasteiger partial charge in [0.05, 0.1) is 40.1 Å². The van der Waals surface area contributed by atoms with Crippen LogP contribution in [0.25, 0.3) is 0 Å². The lowest BCUT2D eigenvalue weighted by Gasteiger charge is -2.32. The molecule has 9 heteroatoms. The first-order valence-corrected chi connectivity index (χ1v) is 15.4. The van der Waals surface area contributed by atoms with Crippen molar-refractivity contribution in [1.82, 2.24) is 10.6 Å². The van der Waals surface area contributed by atoms with E-state index in [1.54, 1.807) is 13.2 Å². The van der Waals surface area contributed by atoms with Gasteiger partial charge < -0.3 is 34.3 Å². The summed E-state index contributed by atoms with van der Waals surface area (Å²) in [5, 5.41) is 6.22. The molecule has 1 aliphatic rings. The molecule has 44 heavy (non-hydrogen) atoms. The first-order chi connectivity index (χ1) is 21.5. The fraction of sp³-hybridized carbons (Fsp3) is 0.457. The van der Waals surface area contributed by atoms with Crippen LogP contribution in [0.5, 0.6) is 17.2 Å². The molecule has 4 rings (SSSR count). The summed E-state index contributed by atoms with van der Waals surface area (Å²) >= 11 is 0. The van der Waals surface area contributed by atoms with Crippen molar-refractivity contribution in [1.29, 1.82) is 0 Å².